The number of benzene rings is 2. The molecule has 1 amide bonds. The molecule has 0 unspecified atom stereocenters. The zero-order valence-electron chi connectivity index (χ0n) is 11.6. The van der Waals surface area contributed by atoms with Crippen LogP contribution < -0.4 is 10.6 Å². The topological polar surface area (TPSA) is 46.3 Å². The number of carbonyl (C=O) groups is 1. The lowest BCUT2D eigenvalue weighted by atomic mass is 10.1. The molecule has 0 aliphatic carbocycles. The normalized spacial score (nSPS) is 10.3. The number of anilines is 2. The van der Waals surface area contributed by atoms with Crippen molar-refractivity contribution < 1.29 is 4.79 Å². The summed E-state index contributed by atoms with van der Waals surface area (Å²) in [5.74, 6) is -0.0255. The van der Waals surface area contributed by atoms with Crippen molar-refractivity contribution in [3.8, 4) is 0 Å². The lowest BCUT2D eigenvalue weighted by Gasteiger charge is -2.21. The fraction of sp³-hybridized carbons (Fsp3) is 0.188. The molecule has 2 aromatic carbocycles. The molecule has 20 heavy (non-hydrogen) atoms. The summed E-state index contributed by atoms with van der Waals surface area (Å²) in [7, 11) is 0. The first-order chi connectivity index (χ1) is 9.51. The van der Waals surface area contributed by atoms with Gasteiger partial charge in [0.2, 0.25) is 0 Å². The lowest BCUT2D eigenvalue weighted by Crippen LogP contribution is -2.30. The fourth-order valence-corrected chi connectivity index (χ4v) is 2.76. The molecular weight excluding hydrogens is 316 g/mol. The maximum absolute atomic E-state index is 12.7. The summed E-state index contributed by atoms with van der Waals surface area (Å²) < 4.78 is 0.907. The molecule has 0 spiro atoms. The van der Waals surface area contributed by atoms with Gasteiger partial charge >= 0.3 is 0 Å². The molecule has 0 saturated heterocycles. The highest BCUT2D eigenvalue weighted by molar-refractivity contribution is 9.10. The Morgan fingerprint density at radius 2 is 2.00 bits per heavy atom. The zero-order chi connectivity index (χ0) is 14.7. The molecule has 0 fully saturated rings. The second kappa shape index (κ2) is 6.09. The molecule has 0 aliphatic rings. The molecule has 0 heterocycles. The summed E-state index contributed by atoms with van der Waals surface area (Å²) in [5.41, 5.74) is 8.97. The van der Waals surface area contributed by atoms with Crippen LogP contribution in [0.1, 0.15) is 22.8 Å². The van der Waals surface area contributed by atoms with Gasteiger partial charge in [0.25, 0.3) is 5.91 Å². The summed E-state index contributed by atoms with van der Waals surface area (Å²) in [5, 5.41) is 0. The Balaban J connectivity index is 2.38. The van der Waals surface area contributed by atoms with E-state index in [4.69, 9.17) is 5.73 Å². The summed E-state index contributed by atoms with van der Waals surface area (Å²) >= 11 is 3.43. The minimum atomic E-state index is -0.0255. The van der Waals surface area contributed by atoms with E-state index in [1.165, 1.54) is 0 Å². The van der Waals surface area contributed by atoms with Gasteiger partial charge in [-0.2, -0.15) is 0 Å². The molecule has 2 aromatic rings. The van der Waals surface area contributed by atoms with E-state index in [1.54, 1.807) is 4.90 Å². The molecule has 0 atom stereocenters. The number of nitrogens with two attached hydrogens (primary N) is 1. The highest BCUT2D eigenvalue weighted by Gasteiger charge is 2.16. The summed E-state index contributed by atoms with van der Waals surface area (Å²) in [6.07, 6.45) is 0. The number of hydrogen-bond donors (Lipinski definition) is 1. The predicted octanol–water partition coefficient (Wildman–Crippen LogP) is 4.01. The van der Waals surface area contributed by atoms with Crippen LogP contribution in [0.2, 0.25) is 0 Å². The Bertz CT molecular complexity index is 620. The van der Waals surface area contributed by atoms with Gasteiger partial charge in [-0.1, -0.05) is 22.0 Å². The lowest BCUT2D eigenvalue weighted by molar-refractivity contribution is 0.0988. The Morgan fingerprint density at radius 3 is 2.60 bits per heavy atom. The average molecular weight is 333 g/mol. The minimum absolute atomic E-state index is 0.0255. The Labute approximate surface area is 127 Å². The Hall–Kier alpha value is -1.81. The van der Waals surface area contributed by atoms with Gasteiger partial charge < -0.3 is 10.6 Å². The van der Waals surface area contributed by atoms with Crippen LogP contribution in [0, 0.1) is 6.92 Å². The van der Waals surface area contributed by atoms with E-state index in [-0.39, 0.29) is 5.91 Å². The SMILES string of the molecule is CCN(C(=O)c1cc(C)cc(Br)c1)c1cccc(N)c1. The van der Waals surface area contributed by atoms with Crippen LogP contribution in [-0.4, -0.2) is 12.5 Å². The van der Waals surface area contributed by atoms with Crippen LogP contribution in [0.5, 0.6) is 0 Å². The van der Waals surface area contributed by atoms with Crippen LogP contribution in [-0.2, 0) is 0 Å². The number of nitrogens with zero attached hydrogens (tertiary/aromatic N) is 1. The molecular formula is C16H17BrN2O. The summed E-state index contributed by atoms with van der Waals surface area (Å²) in [6.45, 7) is 4.51. The van der Waals surface area contributed by atoms with Crippen molar-refractivity contribution in [1.82, 2.24) is 0 Å². The second-order valence-electron chi connectivity index (χ2n) is 4.66. The average Bonchev–Trinajstić information content (AvgIpc) is 2.38. The van der Waals surface area contributed by atoms with Crippen LogP contribution >= 0.6 is 15.9 Å². The van der Waals surface area contributed by atoms with Gasteiger partial charge in [-0.25, -0.2) is 0 Å². The van der Waals surface area contributed by atoms with Crippen molar-refractivity contribution in [3.63, 3.8) is 0 Å². The van der Waals surface area contributed by atoms with Crippen molar-refractivity contribution >= 4 is 33.2 Å². The first kappa shape index (κ1) is 14.6. The van der Waals surface area contributed by atoms with Crippen molar-refractivity contribution in [1.29, 1.82) is 0 Å². The van der Waals surface area contributed by atoms with Crippen LogP contribution in [0.15, 0.2) is 46.9 Å². The minimum Gasteiger partial charge on any atom is -0.399 e. The number of halogens is 1. The van der Waals surface area contributed by atoms with Gasteiger partial charge in [0.1, 0.15) is 0 Å². The third-order valence-electron chi connectivity index (χ3n) is 3.03. The number of nitrogen functional groups attached to an aromatic ring is 1. The largest absolute Gasteiger partial charge is 0.399 e. The van der Waals surface area contributed by atoms with Crippen LogP contribution in [0.3, 0.4) is 0 Å². The number of carbonyl (C=O) groups excluding carboxylic acids is 1. The first-order valence-electron chi connectivity index (χ1n) is 6.46. The van der Waals surface area contributed by atoms with E-state index in [1.807, 2.05) is 56.3 Å². The predicted molar refractivity (Wildman–Crippen MR) is 87.1 cm³/mol. The molecule has 4 heteroatoms. The van der Waals surface area contributed by atoms with E-state index < -0.39 is 0 Å². The highest BCUT2D eigenvalue weighted by Crippen LogP contribution is 2.22. The fourth-order valence-electron chi connectivity index (χ4n) is 2.15. The molecule has 104 valence electrons. The molecule has 3 nitrogen and oxygen atoms in total. The van der Waals surface area contributed by atoms with Gasteiger partial charge in [0.05, 0.1) is 0 Å². The molecule has 0 saturated carbocycles. The number of aryl methyl sites for hydroxylation is 1. The maximum atomic E-state index is 12.7. The standard InChI is InChI=1S/C16H17BrN2O/c1-3-19(15-6-4-5-14(18)10-15)16(20)12-7-11(2)8-13(17)9-12/h4-10H,3,18H2,1-2H3. The van der Waals surface area contributed by atoms with Gasteiger partial charge in [-0.3, -0.25) is 4.79 Å². The molecule has 0 aromatic heterocycles. The summed E-state index contributed by atoms with van der Waals surface area (Å²) in [6, 6.07) is 13.1. The quantitative estimate of drug-likeness (QED) is 0.863. The monoisotopic (exact) mass is 332 g/mol. The smallest absolute Gasteiger partial charge is 0.258 e. The van der Waals surface area contributed by atoms with Crippen molar-refractivity contribution in [2.75, 3.05) is 17.2 Å². The summed E-state index contributed by atoms with van der Waals surface area (Å²) in [4.78, 5) is 14.4. The van der Waals surface area contributed by atoms with Crippen molar-refractivity contribution in [2.45, 2.75) is 13.8 Å². The Morgan fingerprint density at radius 1 is 1.25 bits per heavy atom. The molecule has 0 radical (unpaired) electrons. The Kier molecular flexibility index (Phi) is 4.45. The van der Waals surface area contributed by atoms with E-state index in [0.717, 1.165) is 15.7 Å². The van der Waals surface area contributed by atoms with Crippen molar-refractivity contribution in [2.24, 2.45) is 0 Å². The number of amides is 1. The third-order valence-corrected chi connectivity index (χ3v) is 3.49. The zero-order valence-corrected chi connectivity index (χ0v) is 13.1. The van der Waals surface area contributed by atoms with E-state index in [9.17, 15) is 4.79 Å². The van der Waals surface area contributed by atoms with Gasteiger partial charge in [0.15, 0.2) is 0 Å². The maximum Gasteiger partial charge on any atom is 0.258 e. The van der Waals surface area contributed by atoms with Gasteiger partial charge in [0, 0.05) is 28.0 Å². The number of hydrogen-bond acceptors (Lipinski definition) is 2. The van der Waals surface area contributed by atoms with Crippen molar-refractivity contribution in [3.05, 3.63) is 58.1 Å². The molecule has 0 bridgehead atoms. The van der Waals surface area contributed by atoms with E-state index in [2.05, 4.69) is 15.9 Å². The second-order valence-corrected chi connectivity index (χ2v) is 5.58. The van der Waals surface area contributed by atoms with Crippen LogP contribution in [0.25, 0.3) is 0 Å². The highest BCUT2D eigenvalue weighted by atomic mass is 79.9. The molecule has 0 aliphatic heterocycles. The number of rotatable bonds is 3. The first-order valence-corrected chi connectivity index (χ1v) is 7.25. The van der Waals surface area contributed by atoms with E-state index >= 15 is 0 Å². The van der Waals surface area contributed by atoms with E-state index in [0.29, 0.717) is 17.8 Å². The van der Waals surface area contributed by atoms with Gasteiger partial charge in [-0.05, 0) is 55.8 Å². The molecule has 2 N–H and O–H groups in total. The third kappa shape index (κ3) is 3.20. The molecule has 2 rings (SSSR count). The van der Waals surface area contributed by atoms with Crippen LogP contribution in [0.4, 0.5) is 11.4 Å². The van der Waals surface area contributed by atoms with Gasteiger partial charge in [-0.15, -0.1) is 0 Å².